The molecule has 0 heterocycles. The van der Waals surface area contributed by atoms with Crippen LogP contribution in [-0.2, 0) is 11.3 Å². The van der Waals surface area contributed by atoms with E-state index in [1.54, 1.807) is 18.0 Å². The number of rotatable bonds is 4. The first-order valence-corrected chi connectivity index (χ1v) is 4.68. The van der Waals surface area contributed by atoms with Crippen LogP contribution in [0.4, 0.5) is 0 Å². The molecule has 1 aromatic rings. The number of benzene rings is 1. The summed E-state index contributed by atoms with van der Waals surface area (Å²) in [4.78, 5) is 12.1. The average molecular weight is 209 g/mol. The van der Waals surface area contributed by atoms with Crippen molar-refractivity contribution in [2.24, 2.45) is 0 Å². The molecule has 82 valence electrons. The molecule has 4 heteroatoms. The standard InChI is InChI=1S/C11H15NO3/c1-8-3-4-10(13)9(5-8)6-12(2)7-11(14)15/h3-5,13H,6-7H2,1-2H3,(H,14,15). The Morgan fingerprint density at radius 2 is 2.13 bits per heavy atom. The summed E-state index contributed by atoms with van der Waals surface area (Å²) in [5.41, 5.74) is 1.80. The van der Waals surface area contributed by atoms with Crippen LogP contribution < -0.4 is 0 Å². The predicted octanol–water partition coefficient (Wildman–Crippen LogP) is 1.22. The van der Waals surface area contributed by atoms with E-state index >= 15 is 0 Å². The molecule has 0 atom stereocenters. The van der Waals surface area contributed by atoms with Crippen molar-refractivity contribution >= 4 is 5.97 Å². The highest BCUT2D eigenvalue weighted by Gasteiger charge is 2.08. The van der Waals surface area contributed by atoms with E-state index < -0.39 is 5.97 Å². The minimum atomic E-state index is -0.871. The highest BCUT2D eigenvalue weighted by Crippen LogP contribution is 2.19. The van der Waals surface area contributed by atoms with Crippen molar-refractivity contribution in [2.75, 3.05) is 13.6 Å². The molecule has 15 heavy (non-hydrogen) atoms. The quantitative estimate of drug-likeness (QED) is 0.782. The Labute approximate surface area is 88.8 Å². The first kappa shape index (κ1) is 11.5. The molecule has 0 aliphatic carbocycles. The molecule has 0 spiro atoms. The van der Waals surface area contributed by atoms with E-state index in [-0.39, 0.29) is 12.3 Å². The molecule has 1 rings (SSSR count). The van der Waals surface area contributed by atoms with Crippen LogP contribution in [0.5, 0.6) is 5.75 Å². The molecule has 4 nitrogen and oxygen atoms in total. The molecule has 1 aromatic carbocycles. The topological polar surface area (TPSA) is 60.8 Å². The van der Waals surface area contributed by atoms with Gasteiger partial charge in [0.2, 0.25) is 0 Å². The number of hydrogen-bond donors (Lipinski definition) is 2. The van der Waals surface area contributed by atoms with Crippen LogP contribution in [0.3, 0.4) is 0 Å². The summed E-state index contributed by atoms with van der Waals surface area (Å²) in [6.45, 7) is 2.33. The van der Waals surface area contributed by atoms with Crippen LogP contribution in [0.15, 0.2) is 18.2 Å². The molecule has 0 aliphatic heterocycles. The largest absolute Gasteiger partial charge is 0.508 e. The lowest BCUT2D eigenvalue weighted by Crippen LogP contribution is -2.25. The summed E-state index contributed by atoms with van der Waals surface area (Å²) in [5.74, 6) is -0.664. The van der Waals surface area contributed by atoms with Crippen LogP contribution in [-0.4, -0.2) is 34.7 Å². The fraction of sp³-hybridized carbons (Fsp3) is 0.364. The predicted molar refractivity (Wildman–Crippen MR) is 56.8 cm³/mol. The second-order valence-corrected chi connectivity index (χ2v) is 3.70. The summed E-state index contributed by atoms with van der Waals surface area (Å²) < 4.78 is 0. The fourth-order valence-electron chi connectivity index (χ4n) is 1.42. The summed E-state index contributed by atoms with van der Waals surface area (Å²) >= 11 is 0. The minimum Gasteiger partial charge on any atom is -0.508 e. The van der Waals surface area contributed by atoms with Gasteiger partial charge in [-0.05, 0) is 20.0 Å². The van der Waals surface area contributed by atoms with Crippen LogP contribution in [0, 0.1) is 6.92 Å². The molecule has 2 N–H and O–H groups in total. The van der Waals surface area contributed by atoms with Crippen molar-refractivity contribution in [3.63, 3.8) is 0 Å². The van der Waals surface area contributed by atoms with Gasteiger partial charge in [0, 0.05) is 12.1 Å². The lowest BCUT2D eigenvalue weighted by molar-refractivity contribution is -0.138. The molecule has 0 aliphatic rings. The van der Waals surface area contributed by atoms with E-state index in [1.165, 1.54) is 0 Å². The molecule has 0 saturated heterocycles. The Kier molecular flexibility index (Phi) is 3.68. The number of phenolic OH excluding ortho intramolecular Hbond substituents is 1. The van der Waals surface area contributed by atoms with E-state index in [2.05, 4.69) is 0 Å². The van der Waals surface area contributed by atoms with Crippen molar-refractivity contribution < 1.29 is 15.0 Å². The van der Waals surface area contributed by atoms with Crippen LogP contribution in [0.25, 0.3) is 0 Å². The molecule has 0 radical (unpaired) electrons. The fourth-order valence-corrected chi connectivity index (χ4v) is 1.42. The van der Waals surface area contributed by atoms with Gasteiger partial charge in [-0.2, -0.15) is 0 Å². The average Bonchev–Trinajstić information content (AvgIpc) is 2.10. The molecule has 0 bridgehead atoms. The van der Waals surface area contributed by atoms with Crippen LogP contribution in [0.2, 0.25) is 0 Å². The molecular formula is C11H15NO3. The SMILES string of the molecule is Cc1ccc(O)c(CN(C)CC(=O)O)c1. The Morgan fingerprint density at radius 3 is 2.73 bits per heavy atom. The van der Waals surface area contributed by atoms with Gasteiger partial charge in [0.1, 0.15) is 5.75 Å². The Morgan fingerprint density at radius 1 is 1.47 bits per heavy atom. The third kappa shape index (κ3) is 3.59. The second-order valence-electron chi connectivity index (χ2n) is 3.70. The smallest absolute Gasteiger partial charge is 0.317 e. The van der Waals surface area contributed by atoms with Gasteiger partial charge in [-0.15, -0.1) is 0 Å². The maximum absolute atomic E-state index is 10.4. The number of aryl methyl sites for hydroxylation is 1. The van der Waals surface area contributed by atoms with Crippen molar-refractivity contribution in [2.45, 2.75) is 13.5 Å². The van der Waals surface area contributed by atoms with Gasteiger partial charge in [0.15, 0.2) is 0 Å². The number of aliphatic carboxylic acids is 1. The third-order valence-electron chi connectivity index (χ3n) is 2.08. The molecule has 0 aromatic heterocycles. The highest BCUT2D eigenvalue weighted by atomic mass is 16.4. The lowest BCUT2D eigenvalue weighted by atomic mass is 10.1. The minimum absolute atomic E-state index is 0.0343. The lowest BCUT2D eigenvalue weighted by Gasteiger charge is -2.15. The van der Waals surface area contributed by atoms with E-state index in [9.17, 15) is 9.90 Å². The molecular weight excluding hydrogens is 194 g/mol. The Balaban J connectivity index is 2.71. The van der Waals surface area contributed by atoms with Gasteiger partial charge in [-0.3, -0.25) is 9.69 Å². The zero-order valence-corrected chi connectivity index (χ0v) is 8.90. The zero-order chi connectivity index (χ0) is 11.4. The number of carbonyl (C=O) groups is 1. The van der Waals surface area contributed by atoms with E-state index in [4.69, 9.17) is 5.11 Å². The number of phenols is 1. The highest BCUT2D eigenvalue weighted by molar-refractivity contribution is 5.69. The monoisotopic (exact) mass is 209 g/mol. The first-order chi connectivity index (χ1) is 6.99. The van der Waals surface area contributed by atoms with Gasteiger partial charge < -0.3 is 10.2 Å². The summed E-state index contributed by atoms with van der Waals surface area (Å²) in [6, 6.07) is 5.29. The summed E-state index contributed by atoms with van der Waals surface area (Å²) in [5, 5.41) is 18.1. The molecule has 0 amide bonds. The second kappa shape index (κ2) is 4.79. The van der Waals surface area contributed by atoms with Gasteiger partial charge in [-0.25, -0.2) is 0 Å². The van der Waals surface area contributed by atoms with Crippen molar-refractivity contribution in [3.8, 4) is 5.75 Å². The van der Waals surface area contributed by atoms with Gasteiger partial charge in [0.05, 0.1) is 6.54 Å². The number of hydrogen-bond acceptors (Lipinski definition) is 3. The van der Waals surface area contributed by atoms with Crippen LogP contribution >= 0.6 is 0 Å². The van der Waals surface area contributed by atoms with E-state index in [0.29, 0.717) is 6.54 Å². The summed E-state index contributed by atoms with van der Waals surface area (Å²) in [6.07, 6.45) is 0. The molecule has 0 saturated carbocycles. The first-order valence-electron chi connectivity index (χ1n) is 4.68. The molecule has 0 fully saturated rings. The normalized spacial score (nSPS) is 10.6. The van der Waals surface area contributed by atoms with Crippen molar-refractivity contribution in [1.29, 1.82) is 0 Å². The number of aromatic hydroxyl groups is 1. The van der Waals surface area contributed by atoms with E-state index in [1.807, 2.05) is 19.1 Å². The summed E-state index contributed by atoms with van der Waals surface area (Å²) in [7, 11) is 1.70. The Bertz CT molecular complexity index is 363. The number of carboxylic acid groups (broad SMARTS) is 1. The van der Waals surface area contributed by atoms with Crippen LogP contribution in [0.1, 0.15) is 11.1 Å². The molecule has 0 unspecified atom stereocenters. The number of nitrogens with zero attached hydrogens (tertiary/aromatic N) is 1. The van der Waals surface area contributed by atoms with Gasteiger partial charge >= 0.3 is 5.97 Å². The van der Waals surface area contributed by atoms with E-state index in [0.717, 1.165) is 11.1 Å². The number of likely N-dealkylation sites (N-methyl/N-ethyl adjacent to an activating group) is 1. The van der Waals surface area contributed by atoms with Gasteiger partial charge in [0.25, 0.3) is 0 Å². The van der Waals surface area contributed by atoms with Crippen molar-refractivity contribution in [3.05, 3.63) is 29.3 Å². The third-order valence-corrected chi connectivity index (χ3v) is 2.08. The Hall–Kier alpha value is -1.55. The van der Waals surface area contributed by atoms with Crippen molar-refractivity contribution in [1.82, 2.24) is 4.90 Å². The maximum Gasteiger partial charge on any atom is 0.317 e. The van der Waals surface area contributed by atoms with Gasteiger partial charge in [-0.1, -0.05) is 17.7 Å². The zero-order valence-electron chi connectivity index (χ0n) is 8.90. The number of carboxylic acids is 1. The maximum atomic E-state index is 10.4.